The van der Waals surface area contributed by atoms with Crippen molar-refractivity contribution in [2.75, 3.05) is 0 Å². The summed E-state index contributed by atoms with van der Waals surface area (Å²) >= 11 is 0. The third-order valence-corrected chi connectivity index (χ3v) is 3.27. The van der Waals surface area contributed by atoms with Gasteiger partial charge in [0.05, 0.1) is 5.56 Å². The van der Waals surface area contributed by atoms with E-state index in [2.05, 4.69) is 0 Å². The highest BCUT2D eigenvalue weighted by Crippen LogP contribution is 2.53. The molecule has 5 heteroatoms. The molecule has 98 valence electrons. The molecule has 0 spiro atoms. The van der Waals surface area contributed by atoms with Crippen LogP contribution < -0.4 is 0 Å². The molecule has 0 radical (unpaired) electrons. The van der Waals surface area contributed by atoms with Gasteiger partial charge in [-0.1, -0.05) is 36.4 Å². The van der Waals surface area contributed by atoms with Crippen molar-refractivity contribution >= 4 is 0 Å². The van der Waals surface area contributed by atoms with Crippen molar-refractivity contribution in [2.24, 2.45) is 0 Å². The fourth-order valence-electron chi connectivity index (χ4n) is 2.42. The van der Waals surface area contributed by atoms with Crippen LogP contribution in [0.3, 0.4) is 0 Å². The molecular formula is C14H7F5. The molecule has 0 saturated carbocycles. The maximum Gasteiger partial charge on any atom is 0.302 e. The monoisotopic (exact) mass is 270 g/mol. The summed E-state index contributed by atoms with van der Waals surface area (Å²) in [5.74, 6) is -8.72. The van der Waals surface area contributed by atoms with E-state index in [0.29, 0.717) is 0 Å². The first-order valence-corrected chi connectivity index (χ1v) is 5.52. The predicted octanol–water partition coefficient (Wildman–Crippen LogP) is 4.42. The molecule has 0 atom stereocenters. The van der Waals surface area contributed by atoms with Crippen molar-refractivity contribution in [3.63, 3.8) is 0 Å². The van der Waals surface area contributed by atoms with Crippen LogP contribution in [0.2, 0.25) is 0 Å². The largest absolute Gasteiger partial charge is 0.302 e. The molecule has 0 aliphatic heterocycles. The van der Waals surface area contributed by atoms with E-state index in [1.165, 1.54) is 12.1 Å². The lowest BCUT2D eigenvalue weighted by atomic mass is 9.80. The van der Waals surface area contributed by atoms with Gasteiger partial charge in [-0.3, -0.25) is 0 Å². The van der Waals surface area contributed by atoms with Crippen LogP contribution >= 0.6 is 0 Å². The number of rotatable bonds is 0. The Hall–Kier alpha value is -1.91. The molecule has 2 aromatic rings. The smallest absolute Gasteiger partial charge is 0.206 e. The maximum atomic E-state index is 14.2. The molecule has 1 aliphatic carbocycles. The van der Waals surface area contributed by atoms with E-state index in [4.69, 9.17) is 0 Å². The van der Waals surface area contributed by atoms with E-state index in [1.54, 1.807) is 0 Å². The van der Waals surface area contributed by atoms with E-state index in [-0.39, 0.29) is 0 Å². The maximum absolute atomic E-state index is 14.2. The topological polar surface area (TPSA) is 0 Å². The molecule has 0 N–H and O–H groups in total. The molecule has 19 heavy (non-hydrogen) atoms. The molecule has 0 amide bonds. The molecule has 0 heterocycles. The van der Waals surface area contributed by atoms with Crippen LogP contribution in [-0.4, -0.2) is 0 Å². The average molecular weight is 270 g/mol. The Bertz CT molecular complexity index is 661. The Morgan fingerprint density at radius 3 is 1.79 bits per heavy atom. The summed E-state index contributed by atoms with van der Waals surface area (Å²) in [6.45, 7) is 0. The first-order chi connectivity index (χ1) is 8.87. The predicted molar refractivity (Wildman–Crippen MR) is 58.8 cm³/mol. The number of alkyl halides is 4. The molecule has 0 saturated heterocycles. The minimum absolute atomic E-state index is 0.761. The van der Waals surface area contributed by atoms with Crippen LogP contribution in [0.1, 0.15) is 22.3 Å². The second-order valence-corrected chi connectivity index (χ2v) is 4.36. The number of hydrogen-bond donors (Lipinski definition) is 0. The van der Waals surface area contributed by atoms with Crippen LogP contribution in [0.4, 0.5) is 22.0 Å². The van der Waals surface area contributed by atoms with Gasteiger partial charge < -0.3 is 0 Å². The summed E-state index contributed by atoms with van der Waals surface area (Å²) in [7, 11) is 0. The minimum atomic E-state index is -3.76. The van der Waals surface area contributed by atoms with Crippen molar-refractivity contribution < 1.29 is 22.0 Å². The van der Waals surface area contributed by atoms with Crippen molar-refractivity contribution in [3.8, 4) is 0 Å². The van der Waals surface area contributed by atoms with Crippen molar-refractivity contribution in [1.29, 1.82) is 0 Å². The standard InChI is InChI=1S/C14H7F5/c15-11-7-3-6-10-12(11)14(18,19)9-5-2-1-4-8(9)13(10,16)17/h1-7H. The molecule has 0 aromatic heterocycles. The van der Waals surface area contributed by atoms with Gasteiger partial charge in [-0.25, -0.2) is 4.39 Å². The van der Waals surface area contributed by atoms with Gasteiger partial charge in [0.15, 0.2) is 0 Å². The van der Waals surface area contributed by atoms with Gasteiger partial charge in [-0.15, -0.1) is 0 Å². The Labute approximate surface area is 105 Å². The second-order valence-electron chi connectivity index (χ2n) is 4.36. The normalized spacial score (nSPS) is 18.6. The number of fused-ring (bicyclic) bond motifs is 2. The first-order valence-electron chi connectivity index (χ1n) is 5.52. The Morgan fingerprint density at radius 1 is 0.632 bits per heavy atom. The molecule has 0 fully saturated rings. The van der Waals surface area contributed by atoms with Crippen LogP contribution in [0.25, 0.3) is 0 Å². The molecule has 3 rings (SSSR count). The highest BCUT2D eigenvalue weighted by molar-refractivity contribution is 5.54. The Balaban J connectivity index is 2.44. The van der Waals surface area contributed by atoms with E-state index in [1.807, 2.05) is 0 Å². The van der Waals surface area contributed by atoms with Gasteiger partial charge in [-0.05, 0) is 6.07 Å². The van der Waals surface area contributed by atoms with Crippen LogP contribution in [0.15, 0.2) is 42.5 Å². The Morgan fingerprint density at radius 2 is 1.16 bits per heavy atom. The van der Waals surface area contributed by atoms with Gasteiger partial charge in [-0.2, -0.15) is 17.6 Å². The summed E-state index contributed by atoms with van der Waals surface area (Å²) in [6.07, 6.45) is 0. The van der Waals surface area contributed by atoms with Gasteiger partial charge in [0.25, 0.3) is 5.92 Å². The van der Waals surface area contributed by atoms with Crippen molar-refractivity contribution in [1.82, 2.24) is 0 Å². The van der Waals surface area contributed by atoms with Gasteiger partial charge in [0, 0.05) is 16.7 Å². The Kier molecular flexibility index (Phi) is 2.27. The van der Waals surface area contributed by atoms with Crippen LogP contribution in [-0.2, 0) is 11.8 Å². The summed E-state index contributed by atoms with van der Waals surface area (Å²) < 4.78 is 70.5. The fourth-order valence-corrected chi connectivity index (χ4v) is 2.42. The zero-order chi connectivity index (χ0) is 13.8. The van der Waals surface area contributed by atoms with Gasteiger partial charge in [0.2, 0.25) is 0 Å². The lowest BCUT2D eigenvalue weighted by Crippen LogP contribution is -2.34. The molecule has 1 aliphatic rings. The highest BCUT2D eigenvalue weighted by Gasteiger charge is 2.54. The van der Waals surface area contributed by atoms with E-state index in [9.17, 15) is 22.0 Å². The molecule has 2 aromatic carbocycles. The van der Waals surface area contributed by atoms with Crippen LogP contribution in [0, 0.1) is 5.82 Å². The SMILES string of the molecule is Fc1cccc2c1C(F)(F)c1ccccc1C2(F)F. The molecule has 0 unspecified atom stereocenters. The van der Waals surface area contributed by atoms with Crippen LogP contribution in [0.5, 0.6) is 0 Å². The van der Waals surface area contributed by atoms with Crippen molar-refractivity contribution in [3.05, 3.63) is 70.5 Å². The van der Waals surface area contributed by atoms with Gasteiger partial charge in [0.1, 0.15) is 5.82 Å². The van der Waals surface area contributed by atoms with Gasteiger partial charge >= 0.3 is 5.92 Å². The third-order valence-electron chi connectivity index (χ3n) is 3.27. The number of halogens is 5. The zero-order valence-corrected chi connectivity index (χ0v) is 9.43. The lowest BCUT2D eigenvalue weighted by molar-refractivity contribution is -0.0142. The molecule has 0 bridgehead atoms. The average Bonchev–Trinajstić information content (AvgIpc) is 2.37. The fraction of sp³-hybridized carbons (Fsp3) is 0.143. The number of benzene rings is 2. The lowest BCUT2D eigenvalue weighted by Gasteiger charge is -2.33. The summed E-state index contributed by atoms with van der Waals surface area (Å²) in [5, 5.41) is 0. The molecule has 0 nitrogen and oxygen atoms in total. The van der Waals surface area contributed by atoms with Crippen molar-refractivity contribution in [2.45, 2.75) is 11.8 Å². The minimum Gasteiger partial charge on any atom is -0.206 e. The summed E-state index contributed by atoms with van der Waals surface area (Å²) in [5.41, 5.74) is -3.84. The van der Waals surface area contributed by atoms with E-state index >= 15 is 0 Å². The third kappa shape index (κ3) is 1.44. The number of hydrogen-bond acceptors (Lipinski definition) is 0. The van der Waals surface area contributed by atoms with E-state index in [0.717, 1.165) is 30.3 Å². The highest BCUT2D eigenvalue weighted by atomic mass is 19.3. The molecular weight excluding hydrogens is 263 g/mol. The second kappa shape index (κ2) is 3.56. The summed E-state index contributed by atoms with van der Waals surface area (Å²) in [4.78, 5) is 0. The quantitative estimate of drug-likeness (QED) is 0.622. The zero-order valence-electron chi connectivity index (χ0n) is 9.43. The van der Waals surface area contributed by atoms with E-state index < -0.39 is 39.9 Å². The first kappa shape index (κ1) is 12.1. The summed E-state index contributed by atoms with van der Waals surface area (Å²) in [6, 6.07) is 6.93.